The van der Waals surface area contributed by atoms with Crippen LogP contribution in [0, 0.1) is 0 Å². The molecule has 2 N–H and O–H groups in total. The normalized spacial score (nSPS) is 11.3. The molecule has 1 aromatic carbocycles. The van der Waals surface area contributed by atoms with E-state index in [-0.39, 0.29) is 16.3 Å². The lowest BCUT2D eigenvalue weighted by Crippen LogP contribution is -2.19. The number of para-hydroxylation sites is 1. The molecule has 0 amide bonds. The number of hydrogen-bond acceptors (Lipinski definition) is 4. The lowest BCUT2D eigenvalue weighted by molar-refractivity contribution is -0.326. The molecular weight excluding hydrogens is 275 g/mol. The monoisotopic (exact) mass is 283 g/mol. The Labute approximate surface area is 105 Å². The molecule has 0 unspecified atom stereocenters. The number of anilines is 1. The van der Waals surface area contributed by atoms with Crippen LogP contribution < -0.4 is 5.73 Å². The molecule has 0 aliphatic rings. The third-order valence-electron chi connectivity index (χ3n) is 1.86. The van der Waals surface area contributed by atoms with Crippen molar-refractivity contribution in [3.8, 4) is 0 Å². The average Bonchev–Trinajstić information content (AvgIpc) is 2.26. The van der Waals surface area contributed by atoms with Crippen molar-refractivity contribution in [2.45, 2.75) is 6.36 Å². The molecule has 0 spiro atoms. The van der Waals surface area contributed by atoms with E-state index < -0.39 is 25.5 Å². The van der Waals surface area contributed by atoms with Crippen molar-refractivity contribution in [2.24, 2.45) is 0 Å². The first kappa shape index (κ1) is 14.6. The second-order valence-corrected chi connectivity index (χ2v) is 3.54. The Morgan fingerprint density at radius 2 is 2.00 bits per heavy atom. The zero-order valence-electron chi connectivity index (χ0n) is 8.96. The Kier molecular flexibility index (Phi) is 4.80. The maximum absolute atomic E-state index is 11.6. The molecule has 0 bridgehead atoms. The van der Waals surface area contributed by atoms with E-state index in [1.807, 2.05) is 0 Å². The van der Waals surface area contributed by atoms with Crippen molar-refractivity contribution in [1.82, 2.24) is 0 Å². The number of carbonyl (C=O) groups is 1. The topological polar surface area (TPSA) is 61.6 Å². The number of rotatable bonds is 4. The van der Waals surface area contributed by atoms with Gasteiger partial charge in [0, 0.05) is 0 Å². The molecule has 0 atom stereocenters. The zero-order valence-corrected chi connectivity index (χ0v) is 9.72. The molecule has 0 aromatic heterocycles. The molecule has 0 heterocycles. The average molecular weight is 284 g/mol. The number of nitrogen functional groups attached to an aromatic ring is 1. The van der Waals surface area contributed by atoms with Crippen LogP contribution >= 0.6 is 11.6 Å². The molecule has 0 radical (unpaired) electrons. The SMILES string of the molecule is Nc1c(Cl)cccc1C(=O)OCCOC(F)(F)F. The minimum atomic E-state index is -4.75. The largest absolute Gasteiger partial charge is 0.522 e. The first-order valence-corrected chi connectivity index (χ1v) is 5.11. The van der Waals surface area contributed by atoms with E-state index >= 15 is 0 Å². The molecule has 0 saturated carbocycles. The Morgan fingerprint density at radius 3 is 2.61 bits per heavy atom. The molecule has 0 aliphatic carbocycles. The van der Waals surface area contributed by atoms with Crippen LogP contribution in [-0.4, -0.2) is 25.5 Å². The van der Waals surface area contributed by atoms with Crippen LogP contribution in [0.5, 0.6) is 0 Å². The minimum Gasteiger partial charge on any atom is -0.460 e. The predicted octanol–water partition coefficient (Wildman–Crippen LogP) is 2.62. The van der Waals surface area contributed by atoms with E-state index in [1.165, 1.54) is 18.2 Å². The van der Waals surface area contributed by atoms with Gasteiger partial charge in [-0.3, -0.25) is 4.74 Å². The van der Waals surface area contributed by atoms with Crippen LogP contribution in [0.25, 0.3) is 0 Å². The van der Waals surface area contributed by atoms with Gasteiger partial charge in [-0.15, -0.1) is 13.2 Å². The number of esters is 1. The van der Waals surface area contributed by atoms with Gasteiger partial charge in [-0.05, 0) is 12.1 Å². The van der Waals surface area contributed by atoms with Crippen LogP contribution in [0.4, 0.5) is 18.9 Å². The Bertz CT molecular complexity index is 437. The number of carbonyl (C=O) groups excluding carboxylic acids is 1. The van der Waals surface area contributed by atoms with Crippen LogP contribution in [0.2, 0.25) is 5.02 Å². The van der Waals surface area contributed by atoms with Crippen LogP contribution in [0.3, 0.4) is 0 Å². The first-order chi connectivity index (χ1) is 8.31. The quantitative estimate of drug-likeness (QED) is 0.524. The van der Waals surface area contributed by atoms with Gasteiger partial charge in [-0.25, -0.2) is 4.79 Å². The number of halogens is 4. The van der Waals surface area contributed by atoms with E-state index in [0.29, 0.717) is 0 Å². The smallest absolute Gasteiger partial charge is 0.460 e. The molecule has 8 heteroatoms. The summed E-state index contributed by atoms with van der Waals surface area (Å²) < 4.78 is 42.9. The molecule has 0 fully saturated rings. The summed E-state index contributed by atoms with van der Waals surface area (Å²) in [5.74, 6) is -0.860. The number of alkyl halides is 3. The summed E-state index contributed by atoms with van der Waals surface area (Å²) in [6.07, 6.45) is -4.75. The lowest BCUT2D eigenvalue weighted by Gasteiger charge is -2.09. The van der Waals surface area contributed by atoms with E-state index in [9.17, 15) is 18.0 Å². The summed E-state index contributed by atoms with van der Waals surface area (Å²) in [6, 6.07) is 4.30. The number of nitrogens with two attached hydrogens (primary N) is 1. The lowest BCUT2D eigenvalue weighted by atomic mass is 10.2. The summed E-state index contributed by atoms with van der Waals surface area (Å²) in [6.45, 7) is -1.32. The minimum absolute atomic E-state index is 0.00508. The fourth-order valence-electron chi connectivity index (χ4n) is 1.08. The number of hydrogen-bond donors (Lipinski definition) is 1. The van der Waals surface area contributed by atoms with Crippen molar-refractivity contribution >= 4 is 23.3 Å². The summed E-state index contributed by atoms with van der Waals surface area (Å²) in [5, 5.41) is 0.163. The van der Waals surface area contributed by atoms with Crippen molar-refractivity contribution < 1.29 is 27.4 Å². The van der Waals surface area contributed by atoms with E-state index in [4.69, 9.17) is 17.3 Å². The van der Waals surface area contributed by atoms with Gasteiger partial charge in [0.25, 0.3) is 0 Å². The van der Waals surface area contributed by atoms with Crippen molar-refractivity contribution in [3.63, 3.8) is 0 Å². The molecule has 1 rings (SSSR count). The maximum atomic E-state index is 11.6. The van der Waals surface area contributed by atoms with Crippen LogP contribution in [-0.2, 0) is 9.47 Å². The molecule has 0 aliphatic heterocycles. The number of benzene rings is 1. The van der Waals surface area contributed by atoms with Gasteiger partial charge < -0.3 is 10.5 Å². The van der Waals surface area contributed by atoms with Crippen molar-refractivity contribution in [3.05, 3.63) is 28.8 Å². The second kappa shape index (κ2) is 5.92. The third kappa shape index (κ3) is 4.42. The van der Waals surface area contributed by atoms with Gasteiger partial charge in [0.15, 0.2) is 0 Å². The molecular formula is C10H9ClF3NO3. The van der Waals surface area contributed by atoms with Crippen molar-refractivity contribution in [1.29, 1.82) is 0 Å². The van der Waals surface area contributed by atoms with Gasteiger partial charge >= 0.3 is 12.3 Å². The van der Waals surface area contributed by atoms with Gasteiger partial charge in [0.1, 0.15) is 6.61 Å². The van der Waals surface area contributed by atoms with Gasteiger partial charge in [0.05, 0.1) is 22.9 Å². The summed E-state index contributed by atoms with van der Waals surface area (Å²) in [4.78, 5) is 11.4. The Hall–Kier alpha value is -1.47. The highest BCUT2D eigenvalue weighted by molar-refractivity contribution is 6.33. The Balaban J connectivity index is 2.49. The molecule has 1 aromatic rings. The zero-order chi connectivity index (χ0) is 13.8. The second-order valence-electron chi connectivity index (χ2n) is 3.13. The van der Waals surface area contributed by atoms with Gasteiger partial charge in [-0.2, -0.15) is 0 Å². The fraction of sp³-hybridized carbons (Fsp3) is 0.300. The Morgan fingerprint density at radius 1 is 1.33 bits per heavy atom. The highest BCUT2D eigenvalue weighted by Gasteiger charge is 2.28. The van der Waals surface area contributed by atoms with Gasteiger partial charge in [-0.1, -0.05) is 17.7 Å². The molecule has 4 nitrogen and oxygen atoms in total. The fourth-order valence-corrected chi connectivity index (χ4v) is 1.26. The standard InChI is InChI=1S/C10H9ClF3NO3/c11-7-3-1-2-6(8(7)15)9(16)17-4-5-18-10(12,13)14/h1-3H,4-5,15H2. The van der Waals surface area contributed by atoms with Crippen LogP contribution in [0.1, 0.15) is 10.4 Å². The first-order valence-electron chi connectivity index (χ1n) is 4.73. The predicted molar refractivity (Wildman–Crippen MR) is 58.2 cm³/mol. The summed E-state index contributed by atoms with van der Waals surface area (Å²) in [7, 11) is 0. The van der Waals surface area contributed by atoms with E-state index in [1.54, 1.807) is 0 Å². The van der Waals surface area contributed by atoms with Crippen molar-refractivity contribution in [2.75, 3.05) is 18.9 Å². The van der Waals surface area contributed by atoms with Gasteiger partial charge in [0.2, 0.25) is 0 Å². The maximum Gasteiger partial charge on any atom is 0.522 e. The third-order valence-corrected chi connectivity index (χ3v) is 2.18. The highest BCUT2D eigenvalue weighted by atomic mass is 35.5. The number of ether oxygens (including phenoxy) is 2. The molecule has 18 heavy (non-hydrogen) atoms. The highest BCUT2D eigenvalue weighted by Crippen LogP contribution is 2.23. The summed E-state index contributed by atoms with van der Waals surface area (Å²) in [5.41, 5.74) is 5.52. The summed E-state index contributed by atoms with van der Waals surface area (Å²) >= 11 is 5.67. The molecule has 100 valence electrons. The molecule has 0 saturated heterocycles. The van der Waals surface area contributed by atoms with E-state index in [0.717, 1.165) is 0 Å². The van der Waals surface area contributed by atoms with Crippen LogP contribution in [0.15, 0.2) is 18.2 Å². The van der Waals surface area contributed by atoms with E-state index in [2.05, 4.69) is 9.47 Å².